The Hall–Kier alpha value is -1.24. The molecule has 1 aliphatic carbocycles. The molecule has 1 heterocycles. The number of nitrogens with zero attached hydrogens (tertiary/aromatic N) is 2. The fourth-order valence-corrected chi connectivity index (χ4v) is 4.05. The fourth-order valence-electron chi connectivity index (χ4n) is 3.02. The fraction of sp³-hybridized carbons (Fsp3) is 0.500. The lowest BCUT2D eigenvalue weighted by molar-refractivity contribution is -0.137. The molecule has 0 radical (unpaired) electrons. The molecule has 0 spiro atoms. The number of hydrogen-bond donors (Lipinski definition) is 0. The van der Waals surface area contributed by atoms with Gasteiger partial charge in [0.1, 0.15) is 21.9 Å². The summed E-state index contributed by atoms with van der Waals surface area (Å²) >= 11 is 18.1. The minimum Gasteiger partial charge on any atom is -0.497 e. The minimum absolute atomic E-state index is 0.125. The molecule has 0 aromatic heterocycles. The summed E-state index contributed by atoms with van der Waals surface area (Å²) in [6.07, 6.45) is 0.518. The number of hydrogen-bond acceptors (Lipinski definition) is 3. The van der Waals surface area contributed by atoms with E-state index in [2.05, 4.69) is 0 Å². The van der Waals surface area contributed by atoms with E-state index in [4.69, 9.17) is 39.5 Å². The number of ether oxygens (including phenoxy) is 1. The van der Waals surface area contributed by atoms with Crippen molar-refractivity contribution in [3.8, 4) is 5.75 Å². The van der Waals surface area contributed by atoms with Crippen molar-refractivity contribution < 1.29 is 18.7 Å². The molecule has 2 atom stereocenters. The molecule has 0 bridgehead atoms. The van der Waals surface area contributed by atoms with Crippen LogP contribution < -0.4 is 9.64 Å². The molecule has 0 N–H and O–H groups in total. The molecule has 1 aliphatic heterocycles. The van der Waals surface area contributed by atoms with Gasteiger partial charge in [0.25, 0.3) is 0 Å². The minimum atomic E-state index is -1.40. The first kappa shape index (κ1) is 18.5. The second kappa shape index (κ2) is 6.18. The number of methoxy groups -OCH3 is 1. The first-order valence-electron chi connectivity index (χ1n) is 7.61. The molecular weight excluding hydrogens is 394 g/mol. The van der Waals surface area contributed by atoms with E-state index in [0.717, 1.165) is 0 Å². The van der Waals surface area contributed by atoms with Gasteiger partial charge in [-0.05, 0) is 12.5 Å². The van der Waals surface area contributed by atoms with Gasteiger partial charge in [-0.3, -0.25) is 9.59 Å². The first-order chi connectivity index (χ1) is 11.6. The van der Waals surface area contributed by atoms with Crippen LogP contribution in [0.5, 0.6) is 5.75 Å². The molecule has 2 unspecified atom stereocenters. The van der Waals surface area contributed by atoms with E-state index in [1.54, 1.807) is 6.07 Å². The van der Waals surface area contributed by atoms with Gasteiger partial charge in [0.15, 0.2) is 4.87 Å². The van der Waals surface area contributed by atoms with E-state index >= 15 is 0 Å². The highest BCUT2D eigenvalue weighted by atomic mass is 35.5. The standard InChI is InChI=1S/C16H16Cl3FN2O3/c1-21(14(24)15(17)8-16(15,18)19)12-3-4-22(13(12)23)10-5-9(20)6-11(7-10)25-2/h5-7,12H,3-4,8H2,1-2H3. The zero-order valence-electron chi connectivity index (χ0n) is 13.6. The van der Waals surface area contributed by atoms with E-state index in [1.807, 2.05) is 0 Å². The smallest absolute Gasteiger partial charge is 0.249 e. The van der Waals surface area contributed by atoms with Crippen molar-refractivity contribution in [1.82, 2.24) is 4.90 Å². The number of carbonyl (C=O) groups excluding carboxylic acids is 2. The van der Waals surface area contributed by atoms with E-state index < -0.39 is 27.0 Å². The van der Waals surface area contributed by atoms with Crippen molar-refractivity contribution in [3.63, 3.8) is 0 Å². The Balaban J connectivity index is 1.78. The quantitative estimate of drug-likeness (QED) is 0.719. The Bertz CT molecular complexity index is 745. The number of rotatable bonds is 4. The Morgan fingerprint density at radius 3 is 2.56 bits per heavy atom. The van der Waals surface area contributed by atoms with Crippen LogP contribution >= 0.6 is 34.8 Å². The molecule has 9 heteroatoms. The zero-order chi connectivity index (χ0) is 18.6. The maximum absolute atomic E-state index is 13.7. The number of anilines is 1. The molecule has 1 saturated carbocycles. The molecule has 5 nitrogen and oxygen atoms in total. The maximum Gasteiger partial charge on any atom is 0.249 e. The van der Waals surface area contributed by atoms with Gasteiger partial charge in [0.2, 0.25) is 11.8 Å². The predicted molar refractivity (Wildman–Crippen MR) is 94.1 cm³/mol. The van der Waals surface area contributed by atoms with Gasteiger partial charge in [0.05, 0.1) is 12.8 Å². The van der Waals surface area contributed by atoms with Crippen molar-refractivity contribution in [2.45, 2.75) is 28.1 Å². The second-order valence-corrected chi connectivity index (χ2v) is 8.37. The number of amides is 2. The molecule has 1 aromatic rings. The number of alkyl halides is 3. The van der Waals surface area contributed by atoms with Gasteiger partial charge in [-0.1, -0.05) is 23.2 Å². The Labute approximate surface area is 159 Å². The predicted octanol–water partition coefficient (Wildman–Crippen LogP) is 2.95. The molecular formula is C16H16Cl3FN2O3. The Morgan fingerprint density at radius 1 is 1.36 bits per heavy atom. The van der Waals surface area contributed by atoms with Gasteiger partial charge >= 0.3 is 0 Å². The number of carbonyl (C=O) groups is 2. The largest absolute Gasteiger partial charge is 0.497 e. The molecule has 2 aliphatic rings. The summed E-state index contributed by atoms with van der Waals surface area (Å²) in [6, 6.07) is 3.33. The molecule has 136 valence electrons. The number of likely N-dealkylation sites (N-methyl/N-ethyl adjacent to an activating group) is 1. The SMILES string of the molecule is COc1cc(F)cc(N2CCC(N(C)C(=O)C3(Cl)CC3(Cl)Cl)C2=O)c1. The lowest BCUT2D eigenvalue weighted by Crippen LogP contribution is -2.47. The highest BCUT2D eigenvalue weighted by Crippen LogP contribution is 2.62. The van der Waals surface area contributed by atoms with Crippen molar-refractivity contribution in [2.75, 3.05) is 25.6 Å². The molecule has 2 amide bonds. The van der Waals surface area contributed by atoms with Crippen LogP contribution in [0.4, 0.5) is 10.1 Å². The molecule has 1 saturated heterocycles. The third-order valence-corrected chi connectivity index (χ3v) is 6.35. The van der Waals surface area contributed by atoms with Crippen LogP contribution in [0, 0.1) is 5.82 Å². The Morgan fingerprint density at radius 2 is 2.00 bits per heavy atom. The highest BCUT2D eigenvalue weighted by Gasteiger charge is 2.72. The number of benzene rings is 1. The number of halogens is 4. The molecule has 1 aromatic carbocycles. The van der Waals surface area contributed by atoms with Gasteiger partial charge < -0.3 is 14.5 Å². The average molecular weight is 410 g/mol. The summed E-state index contributed by atoms with van der Waals surface area (Å²) in [5.74, 6) is -1.01. The summed E-state index contributed by atoms with van der Waals surface area (Å²) in [5, 5.41) is 0. The van der Waals surface area contributed by atoms with Crippen molar-refractivity contribution >= 4 is 52.3 Å². The second-order valence-electron chi connectivity index (χ2n) is 6.24. The van der Waals surface area contributed by atoms with Crippen LogP contribution in [0.15, 0.2) is 18.2 Å². The maximum atomic E-state index is 13.7. The third-order valence-electron chi connectivity index (χ3n) is 4.63. The van der Waals surface area contributed by atoms with E-state index in [0.29, 0.717) is 24.4 Å². The van der Waals surface area contributed by atoms with E-state index in [-0.39, 0.29) is 12.3 Å². The van der Waals surface area contributed by atoms with Crippen LogP contribution in [-0.4, -0.2) is 52.7 Å². The zero-order valence-corrected chi connectivity index (χ0v) is 15.8. The van der Waals surface area contributed by atoms with Gasteiger partial charge in [-0.2, -0.15) is 0 Å². The van der Waals surface area contributed by atoms with Gasteiger partial charge in [-0.25, -0.2) is 4.39 Å². The van der Waals surface area contributed by atoms with Crippen LogP contribution in [0.2, 0.25) is 0 Å². The molecule has 25 heavy (non-hydrogen) atoms. The normalized spacial score (nSPS) is 27.4. The van der Waals surface area contributed by atoms with Crippen LogP contribution in [0.1, 0.15) is 12.8 Å². The highest BCUT2D eigenvalue weighted by molar-refractivity contribution is 6.62. The summed E-state index contributed by atoms with van der Waals surface area (Å²) in [5.41, 5.74) is 0.376. The van der Waals surface area contributed by atoms with Crippen LogP contribution in [0.3, 0.4) is 0 Å². The van der Waals surface area contributed by atoms with E-state index in [9.17, 15) is 14.0 Å². The monoisotopic (exact) mass is 408 g/mol. The third kappa shape index (κ3) is 3.04. The van der Waals surface area contributed by atoms with Crippen molar-refractivity contribution in [2.24, 2.45) is 0 Å². The molecule has 3 rings (SSSR count). The van der Waals surface area contributed by atoms with Gasteiger partial charge in [-0.15, -0.1) is 11.6 Å². The Kier molecular flexibility index (Phi) is 4.58. The molecule has 2 fully saturated rings. The summed E-state index contributed by atoms with van der Waals surface area (Å²) in [6.45, 7) is 0.343. The summed E-state index contributed by atoms with van der Waals surface area (Å²) in [7, 11) is 2.91. The van der Waals surface area contributed by atoms with Crippen LogP contribution in [-0.2, 0) is 9.59 Å². The average Bonchev–Trinajstić information content (AvgIpc) is 2.89. The lowest BCUT2D eigenvalue weighted by Gasteiger charge is -2.26. The van der Waals surface area contributed by atoms with Crippen molar-refractivity contribution in [1.29, 1.82) is 0 Å². The summed E-state index contributed by atoms with van der Waals surface area (Å²) < 4.78 is 17.4. The lowest BCUT2D eigenvalue weighted by atomic mass is 10.2. The first-order valence-corrected chi connectivity index (χ1v) is 8.74. The summed E-state index contributed by atoms with van der Waals surface area (Å²) in [4.78, 5) is 26.6. The van der Waals surface area contributed by atoms with Crippen LogP contribution in [0.25, 0.3) is 0 Å². The topological polar surface area (TPSA) is 49.9 Å². The van der Waals surface area contributed by atoms with Crippen molar-refractivity contribution in [3.05, 3.63) is 24.0 Å². The van der Waals surface area contributed by atoms with Gasteiger partial charge in [0, 0.05) is 32.1 Å². The van der Waals surface area contributed by atoms with E-state index in [1.165, 1.54) is 36.1 Å².